The maximum atomic E-state index is 15.9. The summed E-state index contributed by atoms with van der Waals surface area (Å²) in [5.41, 5.74) is -1.87. The molecule has 2 aliphatic heterocycles. The van der Waals surface area contributed by atoms with Crippen LogP contribution in [0.2, 0.25) is 0 Å². The Morgan fingerprint density at radius 1 is 0.851 bits per heavy atom. The molecule has 4 aromatic rings. The van der Waals surface area contributed by atoms with Crippen LogP contribution in [0.25, 0.3) is 16.6 Å². The molecule has 0 radical (unpaired) electrons. The first-order valence-corrected chi connectivity index (χ1v) is 15.1. The second kappa shape index (κ2) is 12.8. The maximum absolute atomic E-state index is 15.9. The molecule has 0 atom stereocenters. The minimum absolute atomic E-state index is 0.0365. The summed E-state index contributed by atoms with van der Waals surface area (Å²) < 4.78 is 91.6. The van der Waals surface area contributed by atoms with E-state index in [0.717, 1.165) is 60.8 Å². The third kappa shape index (κ3) is 6.73. The Morgan fingerprint density at radius 2 is 1.55 bits per heavy atom. The van der Waals surface area contributed by atoms with Gasteiger partial charge in [0.25, 0.3) is 0 Å². The molecule has 0 bridgehead atoms. The van der Waals surface area contributed by atoms with Crippen molar-refractivity contribution in [3.63, 3.8) is 0 Å². The van der Waals surface area contributed by atoms with Gasteiger partial charge >= 0.3 is 12.3 Å². The largest absolute Gasteiger partial charge is 0.573 e. The Labute approximate surface area is 265 Å². The zero-order chi connectivity index (χ0) is 33.5. The van der Waals surface area contributed by atoms with E-state index >= 15 is 4.39 Å². The number of alkyl halides is 3. The zero-order valence-electron chi connectivity index (χ0n) is 25.0. The highest BCUT2D eigenvalue weighted by atomic mass is 19.4. The average molecular weight is 661 g/mol. The van der Waals surface area contributed by atoms with Crippen molar-refractivity contribution in [2.45, 2.75) is 32.2 Å². The lowest BCUT2D eigenvalue weighted by molar-refractivity contribution is -0.274. The van der Waals surface area contributed by atoms with Crippen LogP contribution in [0.4, 0.5) is 37.7 Å². The first-order chi connectivity index (χ1) is 22.4. The molecule has 1 N–H and O–H groups in total. The smallest absolute Gasteiger partial charge is 0.477 e. The van der Waals surface area contributed by atoms with Crippen LogP contribution in [0.15, 0.2) is 59.5 Å². The van der Waals surface area contributed by atoms with Gasteiger partial charge in [0.05, 0.1) is 11.1 Å². The lowest BCUT2D eigenvalue weighted by Gasteiger charge is -2.38. The number of aromatic carboxylic acids is 1. The number of likely N-dealkylation sites (tertiary alicyclic amines) is 1. The molecule has 6 rings (SSSR count). The number of hydrogen-bond acceptors (Lipinski definition) is 6. The zero-order valence-corrected chi connectivity index (χ0v) is 25.0. The summed E-state index contributed by atoms with van der Waals surface area (Å²) >= 11 is 0. The maximum Gasteiger partial charge on any atom is 0.573 e. The van der Waals surface area contributed by atoms with Crippen molar-refractivity contribution >= 4 is 28.2 Å². The molecule has 14 heteroatoms. The highest BCUT2D eigenvalue weighted by molar-refractivity contribution is 5.98. The summed E-state index contributed by atoms with van der Waals surface area (Å²) in [4.78, 5) is 30.5. The van der Waals surface area contributed by atoms with Crippen molar-refractivity contribution in [2.24, 2.45) is 0 Å². The van der Waals surface area contributed by atoms with Crippen molar-refractivity contribution in [3.05, 3.63) is 93.5 Å². The fourth-order valence-electron chi connectivity index (χ4n) is 6.37. The Hall–Kier alpha value is -4.72. The van der Waals surface area contributed by atoms with Gasteiger partial charge in [-0.15, -0.1) is 13.2 Å². The summed E-state index contributed by atoms with van der Waals surface area (Å²) in [6.45, 7) is 2.20. The van der Waals surface area contributed by atoms with Gasteiger partial charge in [-0.2, -0.15) is 0 Å². The summed E-state index contributed by atoms with van der Waals surface area (Å²) in [6.07, 6.45) is -1.21. The number of hydrogen-bond donors (Lipinski definition) is 1. The van der Waals surface area contributed by atoms with Crippen molar-refractivity contribution in [1.82, 2.24) is 9.47 Å². The molecule has 0 spiro atoms. The van der Waals surface area contributed by atoms with Crippen LogP contribution in [0.5, 0.6) is 5.75 Å². The Morgan fingerprint density at radius 3 is 2.21 bits per heavy atom. The van der Waals surface area contributed by atoms with Crippen LogP contribution in [0, 0.1) is 17.5 Å². The summed E-state index contributed by atoms with van der Waals surface area (Å²) in [7, 11) is 0. The number of fused-ring (bicyclic) bond motifs is 1. The third-order valence-electron chi connectivity index (χ3n) is 8.51. The van der Waals surface area contributed by atoms with Crippen molar-refractivity contribution in [1.29, 1.82) is 0 Å². The van der Waals surface area contributed by atoms with E-state index in [0.29, 0.717) is 12.6 Å². The lowest BCUT2D eigenvalue weighted by atomic mass is 10.1. The number of pyridine rings is 1. The Kier molecular flexibility index (Phi) is 8.79. The van der Waals surface area contributed by atoms with Crippen LogP contribution in [-0.4, -0.2) is 66.2 Å². The first-order valence-electron chi connectivity index (χ1n) is 15.1. The van der Waals surface area contributed by atoms with Gasteiger partial charge in [0.1, 0.15) is 28.4 Å². The molecule has 3 aromatic carbocycles. The molecule has 0 unspecified atom stereocenters. The number of carboxylic acids is 1. The fraction of sp³-hybridized carbons (Fsp3) is 0.333. The van der Waals surface area contributed by atoms with E-state index < -0.39 is 63.1 Å². The SMILES string of the molecule is O=C(O)c1cn(-c2cccc(CN3CCCCC3)c2)c2c(OC(F)(F)F)c(N3CCN(c4ccc(F)cc4F)CC3)c(F)cc2c1=O. The molecule has 248 valence electrons. The number of halogens is 6. The number of rotatable bonds is 7. The van der Waals surface area contributed by atoms with Crippen LogP contribution >= 0.6 is 0 Å². The van der Waals surface area contributed by atoms with E-state index in [9.17, 15) is 36.6 Å². The second-order valence-corrected chi connectivity index (χ2v) is 11.6. The van der Waals surface area contributed by atoms with Crippen LogP contribution in [0.1, 0.15) is 35.2 Å². The van der Waals surface area contributed by atoms with E-state index in [2.05, 4.69) is 9.64 Å². The minimum Gasteiger partial charge on any atom is -0.477 e. The average Bonchev–Trinajstić information content (AvgIpc) is 3.02. The molecular formula is C33H30F6N4O4. The number of aromatic nitrogens is 1. The van der Waals surface area contributed by atoms with Gasteiger partial charge in [-0.3, -0.25) is 9.69 Å². The van der Waals surface area contributed by atoms with E-state index in [-0.39, 0.29) is 37.6 Å². The number of piperidine rings is 1. The molecule has 1 aromatic heterocycles. The van der Waals surface area contributed by atoms with Crippen LogP contribution in [-0.2, 0) is 6.54 Å². The van der Waals surface area contributed by atoms with Crippen LogP contribution < -0.4 is 20.0 Å². The molecule has 3 heterocycles. The summed E-state index contributed by atoms with van der Waals surface area (Å²) in [5, 5.41) is 9.21. The van der Waals surface area contributed by atoms with Crippen LogP contribution in [0.3, 0.4) is 0 Å². The molecule has 47 heavy (non-hydrogen) atoms. The highest BCUT2D eigenvalue weighted by Gasteiger charge is 2.37. The highest BCUT2D eigenvalue weighted by Crippen LogP contribution is 2.42. The van der Waals surface area contributed by atoms with Gasteiger partial charge in [-0.25, -0.2) is 18.0 Å². The monoisotopic (exact) mass is 660 g/mol. The number of benzene rings is 3. The molecule has 0 amide bonds. The minimum atomic E-state index is -5.32. The predicted octanol–water partition coefficient (Wildman–Crippen LogP) is 6.32. The third-order valence-corrected chi connectivity index (χ3v) is 8.51. The van der Waals surface area contributed by atoms with Gasteiger partial charge in [-0.1, -0.05) is 18.6 Å². The molecule has 0 saturated carbocycles. The van der Waals surface area contributed by atoms with E-state index in [1.54, 1.807) is 23.1 Å². The van der Waals surface area contributed by atoms with Gasteiger partial charge in [0, 0.05) is 50.7 Å². The van der Waals surface area contributed by atoms with Crippen molar-refractivity contribution < 1.29 is 41.0 Å². The molecule has 2 fully saturated rings. The number of piperazine rings is 1. The number of carbonyl (C=O) groups is 1. The second-order valence-electron chi connectivity index (χ2n) is 11.6. The number of nitrogens with zero attached hydrogens (tertiary/aromatic N) is 4. The predicted molar refractivity (Wildman–Crippen MR) is 163 cm³/mol. The summed E-state index contributed by atoms with van der Waals surface area (Å²) in [6, 6.07) is 10.5. The van der Waals surface area contributed by atoms with Crippen molar-refractivity contribution in [2.75, 3.05) is 49.1 Å². The molecule has 2 aliphatic rings. The van der Waals surface area contributed by atoms with Crippen molar-refractivity contribution in [3.8, 4) is 11.4 Å². The van der Waals surface area contributed by atoms with Gasteiger partial charge in [-0.05, 0) is 61.8 Å². The number of anilines is 2. The molecular weight excluding hydrogens is 630 g/mol. The quantitative estimate of drug-likeness (QED) is 0.233. The summed E-state index contributed by atoms with van der Waals surface area (Å²) in [5.74, 6) is -5.47. The van der Waals surface area contributed by atoms with E-state index in [4.69, 9.17) is 0 Å². The number of ether oxygens (including phenoxy) is 1. The van der Waals surface area contributed by atoms with Gasteiger partial charge in [0.2, 0.25) is 5.43 Å². The first kappa shape index (κ1) is 32.2. The van der Waals surface area contributed by atoms with E-state index in [1.165, 1.54) is 11.0 Å². The molecule has 8 nitrogen and oxygen atoms in total. The molecule has 2 saturated heterocycles. The fourth-order valence-corrected chi connectivity index (χ4v) is 6.37. The van der Waals surface area contributed by atoms with E-state index in [1.807, 2.05) is 6.07 Å². The Balaban J connectivity index is 1.49. The van der Waals surface area contributed by atoms with Gasteiger partial charge in [0.15, 0.2) is 11.6 Å². The van der Waals surface area contributed by atoms with Gasteiger partial charge < -0.3 is 24.2 Å². The normalized spacial score (nSPS) is 16.1. The lowest BCUT2D eigenvalue weighted by Crippen LogP contribution is -2.47. The topological polar surface area (TPSA) is 78.2 Å². The Bertz CT molecular complexity index is 1880. The molecule has 0 aliphatic carbocycles. The standard InChI is InChI=1S/C33H30F6N4O4/c34-21-7-8-27(25(35)16-21)41-11-13-42(14-12-41)29-26(36)17-23-28(31(29)47-33(37,38)39)43(19-24(30(23)44)32(45)46)22-6-4-5-20(15-22)18-40-9-2-1-3-10-40/h4-8,15-17,19H,1-3,9-14,18H2,(H,45,46). The number of carboxylic acid groups (broad SMARTS) is 1.